The molecule has 3 nitrogen and oxygen atoms in total. The lowest BCUT2D eigenvalue weighted by Crippen LogP contribution is -1.82. The van der Waals surface area contributed by atoms with Crippen molar-refractivity contribution in [2.24, 2.45) is 0 Å². The Kier molecular flexibility index (Phi) is 4.51. The Hall–Kier alpha value is -2.90. The Balaban J connectivity index is 1.82. The first kappa shape index (κ1) is 15.0. The second-order valence-corrected chi connectivity index (χ2v) is 5.83. The molecule has 0 aliphatic heterocycles. The number of thiazole rings is 1. The van der Waals surface area contributed by atoms with Gasteiger partial charge in [0.15, 0.2) is 0 Å². The van der Waals surface area contributed by atoms with E-state index in [1.54, 1.807) is 18.4 Å². The highest BCUT2D eigenvalue weighted by Gasteiger charge is 2.08. The van der Waals surface area contributed by atoms with E-state index < -0.39 is 0 Å². The molecule has 2 heterocycles. The van der Waals surface area contributed by atoms with E-state index in [-0.39, 0.29) is 0 Å². The van der Waals surface area contributed by atoms with E-state index in [1.165, 1.54) is 16.9 Å². The molecule has 0 unspecified atom stereocenters. The van der Waals surface area contributed by atoms with Gasteiger partial charge in [0.25, 0.3) is 0 Å². The zero-order valence-corrected chi connectivity index (χ0v) is 13.4. The van der Waals surface area contributed by atoms with Crippen molar-refractivity contribution < 1.29 is 4.42 Å². The molecular formula is C19H14N2OS. The zero-order chi connectivity index (χ0) is 16.1. The van der Waals surface area contributed by atoms with Crippen LogP contribution in [-0.4, -0.2) is 4.98 Å². The first-order valence-corrected chi connectivity index (χ1v) is 7.99. The first-order valence-electron chi connectivity index (χ1n) is 7.11. The molecule has 112 valence electrons. The molecule has 3 rings (SSSR count). The number of allylic oxidation sites excluding steroid dienone is 3. The highest BCUT2D eigenvalue weighted by molar-refractivity contribution is 7.11. The van der Waals surface area contributed by atoms with Crippen LogP contribution in [0.15, 0.2) is 64.6 Å². The summed E-state index contributed by atoms with van der Waals surface area (Å²) < 4.78 is 5.21. The van der Waals surface area contributed by atoms with Gasteiger partial charge in [-0.3, -0.25) is 0 Å². The minimum atomic E-state index is 0.538. The number of nitrogens with zero attached hydrogens (tertiary/aromatic N) is 2. The SMILES string of the molecule is Cc1ccc(-c2csc(C(C#N)=CC=Cc3ccco3)n2)cc1. The molecule has 0 amide bonds. The van der Waals surface area contributed by atoms with Crippen LogP contribution in [0.3, 0.4) is 0 Å². The van der Waals surface area contributed by atoms with Crippen LogP contribution in [0.4, 0.5) is 0 Å². The second kappa shape index (κ2) is 6.91. The van der Waals surface area contributed by atoms with Crippen LogP contribution in [-0.2, 0) is 0 Å². The van der Waals surface area contributed by atoms with Crippen LogP contribution in [0, 0.1) is 18.3 Å². The van der Waals surface area contributed by atoms with Crippen molar-refractivity contribution >= 4 is 23.0 Å². The van der Waals surface area contributed by atoms with E-state index >= 15 is 0 Å². The summed E-state index contributed by atoms with van der Waals surface area (Å²) in [6.07, 6.45) is 6.97. The third-order valence-electron chi connectivity index (χ3n) is 3.27. The molecule has 0 spiro atoms. The predicted molar refractivity (Wildman–Crippen MR) is 93.6 cm³/mol. The molecule has 0 N–H and O–H groups in total. The molecule has 4 heteroatoms. The molecule has 0 atom stereocenters. The van der Waals surface area contributed by atoms with Gasteiger partial charge in [0, 0.05) is 10.9 Å². The van der Waals surface area contributed by atoms with Gasteiger partial charge in [-0.25, -0.2) is 4.98 Å². The molecule has 23 heavy (non-hydrogen) atoms. The lowest BCUT2D eigenvalue weighted by molar-refractivity contribution is 0.557. The number of furan rings is 1. The van der Waals surface area contributed by atoms with Gasteiger partial charge in [0.1, 0.15) is 16.8 Å². The third kappa shape index (κ3) is 3.65. The van der Waals surface area contributed by atoms with Gasteiger partial charge in [0.05, 0.1) is 17.5 Å². The summed E-state index contributed by atoms with van der Waals surface area (Å²) in [7, 11) is 0. The minimum absolute atomic E-state index is 0.538. The van der Waals surface area contributed by atoms with Gasteiger partial charge < -0.3 is 4.42 Å². The highest BCUT2D eigenvalue weighted by Crippen LogP contribution is 2.26. The summed E-state index contributed by atoms with van der Waals surface area (Å²) in [4.78, 5) is 4.57. The number of hydrogen-bond donors (Lipinski definition) is 0. The van der Waals surface area contributed by atoms with E-state index in [0.717, 1.165) is 17.0 Å². The molecular weight excluding hydrogens is 304 g/mol. The molecule has 3 aromatic rings. The van der Waals surface area contributed by atoms with E-state index in [0.29, 0.717) is 10.6 Å². The lowest BCUT2D eigenvalue weighted by Gasteiger charge is -1.97. The van der Waals surface area contributed by atoms with Crippen LogP contribution in [0.1, 0.15) is 16.3 Å². The molecule has 2 aromatic heterocycles. The van der Waals surface area contributed by atoms with Crippen molar-refractivity contribution in [1.29, 1.82) is 5.26 Å². The molecule has 0 fully saturated rings. The van der Waals surface area contributed by atoms with Crippen molar-refractivity contribution in [1.82, 2.24) is 4.98 Å². The summed E-state index contributed by atoms with van der Waals surface area (Å²) in [6.45, 7) is 2.05. The molecule has 0 radical (unpaired) electrons. The quantitative estimate of drug-likeness (QED) is 0.482. The summed E-state index contributed by atoms with van der Waals surface area (Å²) >= 11 is 1.47. The lowest BCUT2D eigenvalue weighted by atomic mass is 10.1. The van der Waals surface area contributed by atoms with Gasteiger partial charge in [-0.2, -0.15) is 5.26 Å². The topological polar surface area (TPSA) is 49.8 Å². The van der Waals surface area contributed by atoms with Gasteiger partial charge in [-0.15, -0.1) is 11.3 Å². The normalized spacial score (nSPS) is 11.7. The van der Waals surface area contributed by atoms with Gasteiger partial charge in [-0.05, 0) is 31.2 Å². The zero-order valence-electron chi connectivity index (χ0n) is 12.6. The number of rotatable bonds is 4. The Morgan fingerprint density at radius 3 is 2.78 bits per heavy atom. The average molecular weight is 318 g/mol. The predicted octanol–water partition coefficient (Wildman–Crippen LogP) is 5.33. The van der Waals surface area contributed by atoms with Crippen molar-refractivity contribution in [2.45, 2.75) is 6.92 Å². The van der Waals surface area contributed by atoms with Crippen LogP contribution >= 0.6 is 11.3 Å². The van der Waals surface area contributed by atoms with Crippen molar-refractivity contribution in [3.63, 3.8) is 0 Å². The number of aromatic nitrogens is 1. The van der Waals surface area contributed by atoms with E-state index in [1.807, 2.05) is 35.7 Å². The summed E-state index contributed by atoms with van der Waals surface area (Å²) in [5.41, 5.74) is 3.70. The van der Waals surface area contributed by atoms with Gasteiger partial charge in [0.2, 0.25) is 0 Å². The van der Waals surface area contributed by atoms with Crippen LogP contribution < -0.4 is 0 Å². The fraction of sp³-hybridized carbons (Fsp3) is 0.0526. The third-order valence-corrected chi connectivity index (χ3v) is 4.14. The van der Waals surface area contributed by atoms with E-state index in [2.05, 4.69) is 30.1 Å². The summed E-state index contributed by atoms with van der Waals surface area (Å²) in [5.74, 6) is 0.748. The van der Waals surface area contributed by atoms with E-state index in [9.17, 15) is 5.26 Å². The maximum atomic E-state index is 9.34. The fourth-order valence-electron chi connectivity index (χ4n) is 2.04. The standard InChI is InChI=1S/C19H14N2OS/c1-14-7-9-15(10-8-14)18-13-23-19(21-18)16(12-20)4-2-5-17-6-3-11-22-17/h2-11,13H,1H3. The van der Waals surface area contributed by atoms with Gasteiger partial charge in [-0.1, -0.05) is 35.9 Å². The molecule has 0 aliphatic carbocycles. The van der Waals surface area contributed by atoms with Crippen LogP contribution in [0.2, 0.25) is 0 Å². The summed E-state index contributed by atoms with van der Waals surface area (Å²) in [5, 5.41) is 12.0. The largest absolute Gasteiger partial charge is 0.465 e. The highest BCUT2D eigenvalue weighted by atomic mass is 32.1. The van der Waals surface area contributed by atoms with Crippen molar-refractivity contribution in [2.75, 3.05) is 0 Å². The second-order valence-electron chi connectivity index (χ2n) is 4.97. The Morgan fingerprint density at radius 2 is 2.09 bits per heavy atom. The Labute approximate surface area is 138 Å². The maximum Gasteiger partial charge on any atom is 0.134 e. The minimum Gasteiger partial charge on any atom is -0.465 e. The fourth-order valence-corrected chi connectivity index (χ4v) is 2.84. The molecule has 0 saturated heterocycles. The number of benzene rings is 1. The van der Waals surface area contributed by atoms with Crippen molar-refractivity contribution in [3.05, 3.63) is 76.5 Å². The molecule has 0 saturated carbocycles. The number of nitriles is 1. The number of hydrogen-bond acceptors (Lipinski definition) is 4. The van der Waals surface area contributed by atoms with Crippen molar-refractivity contribution in [3.8, 4) is 17.3 Å². The Morgan fingerprint density at radius 1 is 1.26 bits per heavy atom. The van der Waals surface area contributed by atoms with Gasteiger partial charge >= 0.3 is 0 Å². The van der Waals surface area contributed by atoms with E-state index in [4.69, 9.17) is 4.42 Å². The first-order chi connectivity index (χ1) is 11.3. The molecule has 0 aliphatic rings. The molecule has 1 aromatic carbocycles. The smallest absolute Gasteiger partial charge is 0.134 e. The van der Waals surface area contributed by atoms with Crippen LogP contribution in [0.25, 0.3) is 22.9 Å². The summed E-state index contributed by atoms with van der Waals surface area (Å²) in [6, 6.07) is 14.1. The number of aryl methyl sites for hydroxylation is 1. The average Bonchev–Trinajstić information content (AvgIpc) is 3.24. The maximum absolute atomic E-state index is 9.34. The monoisotopic (exact) mass is 318 g/mol. The van der Waals surface area contributed by atoms with Crippen LogP contribution in [0.5, 0.6) is 0 Å². The molecule has 0 bridgehead atoms. The Bertz CT molecular complexity index is 878.